The molecule has 0 radical (unpaired) electrons. The Hall–Kier alpha value is -1.08. The lowest BCUT2D eigenvalue weighted by molar-refractivity contribution is -0.0260. The molecular weight excluding hydrogens is 160 g/mol. The highest BCUT2D eigenvalue weighted by Gasteiger charge is 2.27. The molecule has 68 valence electrons. The maximum absolute atomic E-state index is 5.76. The molecule has 0 spiro atoms. The molecule has 0 saturated heterocycles. The molecule has 1 aromatic rings. The number of benzene rings is 1. The van der Waals surface area contributed by atoms with Gasteiger partial charge in [0.15, 0.2) is 0 Å². The lowest BCUT2D eigenvalue weighted by Crippen LogP contribution is -2.27. The van der Waals surface area contributed by atoms with Gasteiger partial charge in [0.05, 0.1) is 12.2 Å². The quantitative estimate of drug-likeness (QED) is 0.595. The first-order chi connectivity index (χ1) is 6.31. The molecule has 0 fully saturated rings. The van der Waals surface area contributed by atoms with Crippen LogP contribution in [0.5, 0.6) is 0 Å². The van der Waals surface area contributed by atoms with Crippen molar-refractivity contribution in [3.63, 3.8) is 0 Å². The summed E-state index contributed by atoms with van der Waals surface area (Å²) < 4.78 is 5.76. The summed E-state index contributed by atoms with van der Waals surface area (Å²) >= 11 is 0. The van der Waals surface area contributed by atoms with Crippen molar-refractivity contribution in [2.75, 3.05) is 6.61 Å². The Labute approximate surface area is 79.0 Å². The van der Waals surface area contributed by atoms with Crippen LogP contribution in [0.25, 0.3) is 0 Å². The van der Waals surface area contributed by atoms with Gasteiger partial charge < -0.3 is 4.74 Å². The maximum atomic E-state index is 5.76. The van der Waals surface area contributed by atoms with E-state index in [9.17, 15) is 0 Å². The van der Waals surface area contributed by atoms with Gasteiger partial charge in [0.2, 0.25) is 0 Å². The van der Waals surface area contributed by atoms with Gasteiger partial charge in [-0.2, -0.15) is 0 Å². The van der Waals surface area contributed by atoms with Crippen molar-refractivity contribution in [3.8, 4) is 0 Å². The van der Waals surface area contributed by atoms with Crippen LogP contribution in [0.1, 0.15) is 18.9 Å². The molecule has 2 rings (SSSR count). The Morgan fingerprint density at radius 1 is 1.15 bits per heavy atom. The molecule has 0 unspecified atom stereocenters. The first-order valence-corrected chi connectivity index (χ1v) is 4.66. The Bertz CT molecular complexity index is 302. The lowest BCUT2D eigenvalue weighted by atomic mass is 9.91. The first kappa shape index (κ1) is 8.52. The van der Waals surface area contributed by atoms with Gasteiger partial charge in [-0.3, -0.25) is 0 Å². The third-order valence-electron chi connectivity index (χ3n) is 2.56. The second kappa shape index (κ2) is 3.35. The van der Waals surface area contributed by atoms with E-state index in [0.29, 0.717) is 0 Å². The van der Waals surface area contributed by atoms with Gasteiger partial charge >= 0.3 is 0 Å². The molecule has 0 amide bonds. The summed E-state index contributed by atoms with van der Waals surface area (Å²) in [5, 5.41) is 0. The highest BCUT2D eigenvalue weighted by atomic mass is 16.5. The topological polar surface area (TPSA) is 9.23 Å². The second-order valence-corrected chi connectivity index (χ2v) is 3.58. The van der Waals surface area contributed by atoms with E-state index < -0.39 is 0 Å². The minimum absolute atomic E-state index is 0.115. The molecule has 0 saturated carbocycles. The van der Waals surface area contributed by atoms with E-state index in [1.54, 1.807) is 0 Å². The van der Waals surface area contributed by atoms with Gasteiger partial charge in [-0.25, -0.2) is 0 Å². The highest BCUT2D eigenvalue weighted by Crippen LogP contribution is 2.31. The summed E-state index contributed by atoms with van der Waals surface area (Å²) in [6.45, 7) is 2.87. The van der Waals surface area contributed by atoms with Crippen LogP contribution in [0.2, 0.25) is 0 Å². The molecule has 1 heterocycles. The Balaban J connectivity index is 2.29. The summed E-state index contributed by atoms with van der Waals surface area (Å²) in [5.41, 5.74) is 1.15. The van der Waals surface area contributed by atoms with Gasteiger partial charge in [0.1, 0.15) is 0 Å². The Kier molecular flexibility index (Phi) is 2.19. The van der Waals surface area contributed by atoms with Crippen molar-refractivity contribution >= 4 is 0 Å². The van der Waals surface area contributed by atoms with E-state index in [-0.39, 0.29) is 5.60 Å². The zero-order valence-corrected chi connectivity index (χ0v) is 7.86. The Morgan fingerprint density at radius 3 is 2.54 bits per heavy atom. The number of rotatable bonds is 1. The average molecular weight is 174 g/mol. The lowest BCUT2D eigenvalue weighted by Gasteiger charge is -2.31. The monoisotopic (exact) mass is 174 g/mol. The third kappa shape index (κ3) is 1.65. The summed E-state index contributed by atoms with van der Waals surface area (Å²) in [6, 6.07) is 10.4. The Morgan fingerprint density at radius 2 is 1.92 bits per heavy atom. The van der Waals surface area contributed by atoms with Crippen molar-refractivity contribution in [3.05, 3.63) is 48.0 Å². The van der Waals surface area contributed by atoms with Gasteiger partial charge in [-0.15, -0.1) is 0 Å². The zero-order chi connectivity index (χ0) is 9.15. The van der Waals surface area contributed by atoms with E-state index in [1.807, 2.05) is 6.07 Å². The second-order valence-electron chi connectivity index (χ2n) is 3.58. The molecule has 0 aromatic heterocycles. The predicted octanol–water partition coefficient (Wildman–Crippen LogP) is 2.88. The van der Waals surface area contributed by atoms with Gasteiger partial charge in [0.25, 0.3) is 0 Å². The largest absolute Gasteiger partial charge is 0.366 e. The SMILES string of the molecule is C[C@@]1(c2ccccc2)CC=CCO1. The zero-order valence-electron chi connectivity index (χ0n) is 7.86. The fourth-order valence-electron chi connectivity index (χ4n) is 1.66. The number of hydrogen-bond donors (Lipinski definition) is 0. The van der Waals surface area contributed by atoms with Crippen molar-refractivity contribution in [2.24, 2.45) is 0 Å². The average Bonchev–Trinajstić information content (AvgIpc) is 2.20. The van der Waals surface area contributed by atoms with Crippen LogP contribution in [0.4, 0.5) is 0 Å². The minimum Gasteiger partial charge on any atom is -0.366 e. The fraction of sp³-hybridized carbons (Fsp3) is 0.333. The number of hydrogen-bond acceptors (Lipinski definition) is 1. The molecule has 1 nitrogen and oxygen atoms in total. The van der Waals surface area contributed by atoms with Crippen LogP contribution in [-0.2, 0) is 10.3 Å². The van der Waals surface area contributed by atoms with Crippen LogP contribution >= 0.6 is 0 Å². The van der Waals surface area contributed by atoms with Crippen molar-refractivity contribution in [1.29, 1.82) is 0 Å². The molecular formula is C12H14O. The summed E-state index contributed by atoms with van der Waals surface area (Å²) in [6.07, 6.45) is 5.23. The van der Waals surface area contributed by atoms with E-state index >= 15 is 0 Å². The minimum atomic E-state index is -0.115. The molecule has 0 bridgehead atoms. The van der Waals surface area contributed by atoms with Crippen LogP contribution in [-0.4, -0.2) is 6.61 Å². The normalized spacial score (nSPS) is 27.5. The summed E-state index contributed by atoms with van der Waals surface area (Å²) in [7, 11) is 0. The van der Waals surface area contributed by atoms with Gasteiger partial charge in [0, 0.05) is 0 Å². The molecule has 1 aliphatic heterocycles. The molecule has 1 heteroatoms. The predicted molar refractivity (Wildman–Crippen MR) is 53.5 cm³/mol. The fourth-order valence-corrected chi connectivity index (χ4v) is 1.66. The van der Waals surface area contributed by atoms with Crippen molar-refractivity contribution in [1.82, 2.24) is 0 Å². The van der Waals surface area contributed by atoms with Crippen molar-refractivity contribution in [2.45, 2.75) is 18.9 Å². The highest BCUT2D eigenvalue weighted by molar-refractivity contribution is 5.23. The van der Waals surface area contributed by atoms with E-state index in [0.717, 1.165) is 13.0 Å². The van der Waals surface area contributed by atoms with Crippen molar-refractivity contribution < 1.29 is 4.74 Å². The molecule has 1 aliphatic rings. The molecule has 1 aromatic carbocycles. The van der Waals surface area contributed by atoms with E-state index in [1.165, 1.54) is 5.56 Å². The summed E-state index contributed by atoms with van der Waals surface area (Å²) in [5.74, 6) is 0. The van der Waals surface area contributed by atoms with Crippen LogP contribution < -0.4 is 0 Å². The molecule has 13 heavy (non-hydrogen) atoms. The summed E-state index contributed by atoms with van der Waals surface area (Å²) in [4.78, 5) is 0. The van der Waals surface area contributed by atoms with E-state index in [2.05, 4.69) is 43.3 Å². The smallest absolute Gasteiger partial charge is 0.0941 e. The first-order valence-electron chi connectivity index (χ1n) is 4.66. The van der Waals surface area contributed by atoms with Gasteiger partial charge in [-0.1, -0.05) is 42.5 Å². The van der Waals surface area contributed by atoms with Gasteiger partial charge in [-0.05, 0) is 18.9 Å². The molecule has 0 aliphatic carbocycles. The standard InChI is InChI=1S/C12H14O/c1-12(9-5-6-10-13-12)11-7-3-2-4-8-11/h2-8H,9-10H2,1H3/t12-/m0/s1. The van der Waals surface area contributed by atoms with Crippen LogP contribution in [0.15, 0.2) is 42.5 Å². The third-order valence-corrected chi connectivity index (χ3v) is 2.56. The number of ether oxygens (including phenoxy) is 1. The van der Waals surface area contributed by atoms with E-state index in [4.69, 9.17) is 4.74 Å². The molecule has 1 atom stereocenters. The maximum Gasteiger partial charge on any atom is 0.0941 e. The van der Waals surface area contributed by atoms with Crippen LogP contribution in [0.3, 0.4) is 0 Å². The molecule has 0 N–H and O–H groups in total. The van der Waals surface area contributed by atoms with Crippen LogP contribution in [0, 0.1) is 0 Å².